The number of rotatable bonds is 6. The summed E-state index contributed by atoms with van der Waals surface area (Å²) in [4.78, 5) is 15.4. The van der Waals surface area contributed by atoms with Gasteiger partial charge in [-0.1, -0.05) is 35.9 Å². The zero-order chi connectivity index (χ0) is 15.2. The van der Waals surface area contributed by atoms with Gasteiger partial charge in [0, 0.05) is 11.4 Å². The van der Waals surface area contributed by atoms with E-state index in [1.807, 2.05) is 31.5 Å². The maximum absolute atomic E-state index is 12.2. The SMILES string of the molecule is Cc1ccc(CN(C)[C@H](C)C(=O)NCc2cccs2)cc1. The molecule has 0 unspecified atom stereocenters. The number of thiophene rings is 1. The van der Waals surface area contributed by atoms with Crippen LogP contribution < -0.4 is 5.32 Å². The first kappa shape index (κ1) is 15.7. The van der Waals surface area contributed by atoms with E-state index in [0.717, 1.165) is 6.54 Å². The largest absolute Gasteiger partial charge is 0.350 e. The Balaban J connectivity index is 1.84. The number of hydrogen-bond acceptors (Lipinski definition) is 3. The van der Waals surface area contributed by atoms with Gasteiger partial charge >= 0.3 is 0 Å². The zero-order valence-electron chi connectivity index (χ0n) is 12.8. The maximum atomic E-state index is 12.2. The smallest absolute Gasteiger partial charge is 0.237 e. The minimum Gasteiger partial charge on any atom is -0.350 e. The van der Waals surface area contributed by atoms with Gasteiger partial charge in [-0.05, 0) is 37.9 Å². The predicted octanol–water partition coefficient (Wildman–Crippen LogP) is 3.19. The van der Waals surface area contributed by atoms with E-state index in [0.29, 0.717) is 6.54 Å². The summed E-state index contributed by atoms with van der Waals surface area (Å²) < 4.78 is 0. The van der Waals surface area contributed by atoms with Crippen molar-refractivity contribution in [3.8, 4) is 0 Å². The Kier molecular flexibility index (Phi) is 5.53. The normalized spacial score (nSPS) is 12.4. The molecule has 0 saturated carbocycles. The third-order valence-corrected chi connectivity index (χ3v) is 4.49. The lowest BCUT2D eigenvalue weighted by Crippen LogP contribution is -2.42. The van der Waals surface area contributed by atoms with Gasteiger partial charge in [-0.15, -0.1) is 11.3 Å². The summed E-state index contributed by atoms with van der Waals surface area (Å²) in [5.41, 5.74) is 2.48. The van der Waals surface area contributed by atoms with Crippen LogP contribution in [-0.2, 0) is 17.9 Å². The van der Waals surface area contributed by atoms with Gasteiger partial charge < -0.3 is 5.32 Å². The van der Waals surface area contributed by atoms with E-state index in [1.54, 1.807) is 11.3 Å². The molecule has 0 aliphatic heterocycles. The molecule has 112 valence electrons. The van der Waals surface area contributed by atoms with Gasteiger partial charge in [0.2, 0.25) is 5.91 Å². The summed E-state index contributed by atoms with van der Waals surface area (Å²) >= 11 is 1.66. The van der Waals surface area contributed by atoms with E-state index in [4.69, 9.17) is 0 Å². The molecule has 0 radical (unpaired) electrons. The number of carbonyl (C=O) groups is 1. The van der Waals surface area contributed by atoms with Crippen molar-refractivity contribution in [3.05, 3.63) is 57.8 Å². The highest BCUT2D eigenvalue weighted by Gasteiger charge is 2.17. The Bertz CT molecular complexity index is 563. The Labute approximate surface area is 130 Å². The summed E-state index contributed by atoms with van der Waals surface area (Å²) in [6.45, 7) is 5.40. The number of benzene rings is 1. The second kappa shape index (κ2) is 7.38. The molecule has 0 aliphatic rings. The molecule has 2 rings (SSSR count). The minimum atomic E-state index is -0.147. The first-order valence-electron chi connectivity index (χ1n) is 7.12. The van der Waals surface area contributed by atoms with E-state index >= 15 is 0 Å². The molecule has 1 N–H and O–H groups in total. The van der Waals surface area contributed by atoms with Gasteiger partial charge in [0.15, 0.2) is 0 Å². The van der Waals surface area contributed by atoms with Gasteiger partial charge in [0.05, 0.1) is 12.6 Å². The molecule has 1 aromatic carbocycles. The lowest BCUT2D eigenvalue weighted by molar-refractivity contribution is -0.125. The topological polar surface area (TPSA) is 32.3 Å². The summed E-state index contributed by atoms with van der Waals surface area (Å²) in [7, 11) is 1.98. The Morgan fingerprint density at radius 2 is 2.00 bits per heavy atom. The van der Waals surface area contributed by atoms with Crippen LogP contribution in [0.25, 0.3) is 0 Å². The highest BCUT2D eigenvalue weighted by Crippen LogP contribution is 2.10. The quantitative estimate of drug-likeness (QED) is 0.889. The van der Waals surface area contributed by atoms with Crippen LogP contribution in [0.1, 0.15) is 22.9 Å². The van der Waals surface area contributed by atoms with Crippen molar-refractivity contribution in [3.63, 3.8) is 0 Å². The van der Waals surface area contributed by atoms with Crippen molar-refractivity contribution < 1.29 is 4.79 Å². The number of carbonyl (C=O) groups excluding carboxylic acids is 1. The molecule has 0 aliphatic carbocycles. The van der Waals surface area contributed by atoms with Gasteiger partial charge in [0.25, 0.3) is 0 Å². The van der Waals surface area contributed by atoms with E-state index in [1.165, 1.54) is 16.0 Å². The first-order valence-corrected chi connectivity index (χ1v) is 8.00. The molecule has 1 aromatic heterocycles. The van der Waals surface area contributed by atoms with Crippen molar-refractivity contribution in [2.75, 3.05) is 7.05 Å². The van der Waals surface area contributed by atoms with Crippen molar-refractivity contribution >= 4 is 17.2 Å². The van der Waals surface area contributed by atoms with Crippen LogP contribution in [0, 0.1) is 6.92 Å². The van der Waals surface area contributed by atoms with Crippen molar-refractivity contribution in [2.45, 2.75) is 33.0 Å². The number of hydrogen-bond donors (Lipinski definition) is 1. The van der Waals surface area contributed by atoms with Crippen molar-refractivity contribution in [1.29, 1.82) is 0 Å². The maximum Gasteiger partial charge on any atom is 0.237 e. The van der Waals surface area contributed by atoms with E-state index in [2.05, 4.69) is 41.4 Å². The molecule has 1 amide bonds. The third-order valence-electron chi connectivity index (χ3n) is 3.61. The molecule has 4 heteroatoms. The molecule has 0 saturated heterocycles. The van der Waals surface area contributed by atoms with Crippen LogP contribution in [0.4, 0.5) is 0 Å². The highest BCUT2D eigenvalue weighted by atomic mass is 32.1. The molecule has 3 nitrogen and oxygen atoms in total. The lowest BCUT2D eigenvalue weighted by Gasteiger charge is -2.24. The molecule has 1 heterocycles. The fraction of sp³-hybridized carbons (Fsp3) is 0.353. The third kappa shape index (κ3) is 4.69. The second-order valence-corrected chi connectivity index (χ2v) is 6.41. The Morgan fingerprint density at radius 1 is 1.29 bits per heavy atom. The van der Waals surface area contributed by atoms with Crippen LogP contribution >= 0.6 is 11.3 Å². The molecular weight excluding hydrogens is 280 g/mol. The van der Waals surface area contributed by atoms with E-state index in [9.17, 15) is 4.79 Å². The monoisotopic (exact) mass is 302 g/mol. The van der Waals surface area contributed by atoms with Crippen LogP contribution in [0.2, 0.25) is 0 Å². The standard InChI is InChI=1S/C17H22N2OS/c1-13-6-8-15(9-7-13)12-19(3)14(2)17(20)18-11-16-5-4-10-21-16/h4-10,14H,11-12H2,1-3H3,(H,18,20)/t14-/m1/s1. The van der Waals surface area contributed by atoms with Crippen molar-refractivity contribution in [2.24, 2.45) is 0 Å². The summed E-state index contributed by atoms with van der Waals surface area (Å²) in [6, 6.07) is 12.3. The molecular formula is C17H22N2OS. The van der Waals surface area contributed by atoms with Crippen LogP contribution in [0.15, 0.2) is 41.8 Å². The van der Waals surface area contributed by atoms with Crippen LogP contribution in [0.5, 0.6) is 0 Å². The average Bonchev–Trinajstić information content (AvgIpc) is 2.99. The molecule has 0 fully saturated rings. The summed E-state index contributed by atoms with van der Waals surface area (Å²) in [5, 5.41) is 5.01. The fourth-order valence-corrected chi connectivity index (χ4v) is 2.70. The van der Waals surface area contributed by atoms with E-state index in [-0.39, 0.29) is 11.9 Å². The van der Waals surface area contributed by atoms with E-state index < -0.39 is 0 Å². The molecule has 0 bridgehead atoms. The van der Waals surface area contributed by atoms with Gasteiger partial charge in [-0.25, -0.2) is 0 Å². The average molecular weight is 302 g/mol. The fourth-order valence-electron chi connectivity index (χ4n) is 2.05. The van der Waals surface area contributed by atoms with Crippen LogP contribution in [-0.4, -0.2) is 23.9 Å². The molecule has 0 spiro atoms. The van der Waals surface area contributed by atoms with Crippen LogP contribution in [0.3, 0.4) is 0 Å². The number of aryl methyl sites for hydroxylation is 1. The number of likely N-dealkylation sites (N-methyl/N-ethyl adjacent to an activating group) is 1. The molecule has 1 atom stereocenters. The minimum absolute atomic E-state index is 0.0676. The highest BCUT2D eigenvalue weighted by molar-refractivity contribution is 7.09. The number of nitrogens with zero attached hydrogens (tertiary/aromatic N) is 1. The second-order valence-electron chi connectivity index (χ2n) is 5.37. The first-order chi connectivity index (χ1) is 10.1. The Hall–Kier alpha value is -1.65. The summed E-state index contributed by atoms with van der Waals surface area (Å²) in [6.07, 6.45) is 0. The van der Waals surface area contributed by atoms with Crippen molar-refractivity contribution in [1.82, 2.24) is 10.2 Å². The number of nitrogens with one attached hydrogen (secondary N) is 1. The lowest BCUT2D eigenvalue weighted by atomic mass is 10.1. The van der Waals surface area contributed by atoms with Gasteiger partial charge in [-0.3, -0.25) is 9.69 Å². The summed E-state index contributed by atoms with van der Waals surface area (Å²) in [5.74, 6) is 0.0676. The van der Waals surface area contributed by atoms with Gasteiger partial charge in [0.1, 0.15) is 0 Å². The Morgan fingerprint density at radius 3 is 2.62 bits per heavy atom. The predicted molar refractivity (Wildman–Crippen MR) is 88.3 cm³/mol. The zero-order valence-corrected chi connectivity index (χ0v) is 13.6. The molecule has 21 heavy (non-hydrogen) atoms. The van der Waals surface area contributed by atoms with Gasteiger partial charge in [-0.2, -0.15) is 0 Å². The number of amides is 1. The molecule has 2 aromatic rings.